The first kappa shape index (κ1) is 16.9. The number of ether oxygens (including phenoxy) is 2. The second kappa shape index (κ2) is 7.00. The molecule has 0 aromatic heterocycles. The van der Waals surface area contributed by atoms with Gasteiger partial charge >= 0.3 is 0 Å². The molecule has 0 radical (unpaired) electrons. The van der Waals surface area contributed by atoms with E-state index >= 15 is 0 Å². The van der Waals surface area contributed by atoms with Crippen molar-refractivity contribution in [1.82, 2.24) is 5.32 Å². The average molecular weight is 352 g/mol. The minimum atomic E-state index is -0.230. The number of benzene rings is 2. The van der Waals surface area contributed by atoms with E-state index in [9.17, 15) is 4.79 Å². The van der Waals surface area contributed by atoms with Gasteiger partial charge in [-0.1, -0.05) is 12.1 Å². The molecule has 4 rings (SSSR count). The molecule has 1 aliphatic carbocycles. The summed E-state index contributed by atoms with van der Waals surface area (Å²) in [5, 5.41) is 3.22. The van der Waals surface area contributed by atoms with Crippen molar-refractivity contribution < 1.29 is 14.3 Å². The zero-order chi connectivity index (χ0) is 18.0. The molecule has 2 fully saturated rings. The van der Waals surface area contributed by atoms with Crippen LogP contribution in [0.25, 0.3) is 0 Å². The van der Waals surface area contributed by atoms with E-state index in [4.69, 9.17) is 9.47 Å². The van der Waals surface area contributed by atoms with Gasteiger partial charge in [0.1, 0.15) is 5.75 Å². The third-order valence-electron chi connectivity index (χ3n) is 5.25. The lowest BCUT2D eigenvalue weighted by molar-refractivity contribution is 0.0930. The Kier molecular flexibility index (Phi) is 4.55. The first-order valence-corrected chi connectivity index (χ1v) is 9.10. The third-order valence-corrected chi connectivity index (χ3v) is 5.25. The Bertz CT molecular complexity index is 761. The van der Waals surface area contributed by atoms with E-state index in [0.717, 1.165) is 56.1 Å². The number of carbonyl (C=O) groups is 1. The number of morpholine rings is 1. The molecule has 5 nitrogen and oxygen atoms in total. The van der Waals surface area contributed by atoms with Crippen molar-refractivity contribution in [3.8, 4) is 5.75 Å². The number of anilines is 1. The summed E-state index contributed by atoms with van der Waals surface area (Å²) in [6.07, 6.45) is 1.94. The van der Waals surface area contributed by atoms with Crippen LogP contribution >= 0.6 is 0 Å². The fraction of sp³-hybridized carbons (Fsp3) is 0.381. The topological polar surface area (TPSA) is 50.8 Å². The molecule has 1 amide bonds. The van der Waals surface area contributed by atoms with E-state index in [1.807, 2.05) is 48.5 Å². The molecule has 0 atom stereocenters. The number of rotatable bonds is 5. The maximum absolute atomic E-state index is 12.7. The standard InChI is InChI=1S/C21H24N2O3/c1-25-19-8-4-17(5-9-19)21(10-11-21)22-20(24)16-2-6-18(7-3-16)23-12-14-26-15-13-23/h2-9H,10-15H2,1H3,(H,22,24). The number of hydrogen-bond acceptors (Lipinski definition) is 4. The minimum absolute atomic E-state index is 0.0214. The minimum Gasteiger partial charge on any atom is -0.497 e. The van der Waals surface area contributed by atoms with Crippen molar-refractivity contribution in [1.29, 1.82) is 0 Å². The molecule has 136 valence electrons. The van der Waals surface area contributed by atoms with E-state index in [1.54, 1.807) is 7.11 Å². The Morgan fingerprint density at radius 1 is 1.04 bits per heavy atom. The normalized spacial score (nSPS) is 18.3. The highest BCUT2D eigenvalue weighted by Crippen LogP contribution is 2.46. The number of nitrogens with one attached hydrogen (secondary N) is 1. The van der Waals surface area contributed by atoms with Gasteiger partial charge in [0.2, 0.25) is 0 Å². The summed E-state index contributed by atoms with van der Waals surface area (Å²) >= 11 is 0. The van der Waals surface area contributed by atoms with Crippen LogP contribution in [0.5, 0.6) is 5.75 Å². The highest BCUT2D eigenvalue weighted by Gasteiger charge is 2.45. The summed E-state index contributed by atoms with van der Waals surface area (Å²) < 4.78 is 10.6. The number of hydrogen-bond donors (Lipinski definition) is 1. The number of amides is 1. The van der Waals surface area contributed by atoms with Gasteiger partial charge in [-0.3, -0.25) is 4.79 Å². The lowest BCUT2D eigenvalue weighted by Gasteiger charge is -2.29. The van der Waals surface area contributed by atoms with Crippen LogP contribution in [0.1, 0.15) is 28.8 Å². The molecular formula is C21H24N2O3. The molecule has 1 saturated carbocycles. The molecule has 2 aliphatic rings. The monoisotopic (exact) mass is 352 g/mol. The van der Waals surface area contributed by atoms with Crippen LogP contribution in [0.3, 0.4) is 0 Å². The van der Waals surface area contributed by atoms with Crippen molar-refractivity contribution >= 4 is 11.6 Å². The highest BCUT2D eigenvalue weighted by atomic mass is 16.5. The summed E-state index contributed by atoms with van der Waals surface area (Å²) in [6, 6.07) is 15.8. The Labute approximate surface area is 153 Å². The summed E-state index contributed by atoms with van der Waals surface area (Å²) in [6.45, 7) is 3.30. The van der Waals surface area contributed by atoms with Crippen LogP contribution in [-0.2, 0) is 10.3 Å². The second-order valence-corrected chi connectivity index (χ2v) is 6.91. The van der Waals surface area contributed by atoms with Crippen LogP contribution in [0.2, 0.25) is 0 Å². The molecule has 5 heteroatoms. The Hall–Kier alpha value is -2.53. The third kappa shape index (κ3) is 3.40. The van der Waals surface area contributed by atoms with Crippen LogP contribution in [0.15, 0.2) is 48.5 Å². The second-order valence-electron chi connectivity index (χ2n) is 6.91. The first-order valence-electron chi connectivity index (χ1n) is 9.10. The van der Waals surface area contributed by atoms with Gasteiger partial charge in [-0.25, -0.2) is 0 Å². The van der Waals surface area contributed by atoms with Gasteiger partial charge < -0.3 is 19.7 Å². The maximum atomic E-state index is 12.7. The number of carbonyl (C=O) groups excluding carboxylic acids is 1. The Morgan fingerprint density at radius 3 is 2.27 bits per heavy atom. The van der Waals surface area contributed by atoms with Crippen molar-refractivity contribution in [2.24, 2.45) is 0 Å². The summed E-state index contributed by atoms with van der Waals surface area (Å²) in [5.41, 5.74) is 2.74. The smallest absolute Gasteiger partial charge is 0.251 e. The van der Waals surface area contributed by atoms with Crippen LogP contribution in [-0.4, -0.2) is 39.3 Å². The predicted octanol–water partition coefficient (Wildman–Crippen LogP) is 2.95. The van der Waals surface area contributed by atoms with Crippen molar-refractivity contribution in [3.05, 3.63) is 59.7 Å². The van der Waals surface area contributed by atoms with Gasteiger partial charge in [0, 0.05) is 24.3 Å². The molecule has 26 heavy (non-hydrogen) atoms. The van der Waals surface area contributed by atoms with E-state index in [2.05, 4.69) is 10.2 Å². The fourth-order valence-corrected chi connectivity index (χ4v) is 3.46. The van der Waals surface area contributed by atoms with Crippen molar-refractivity contribution in [2.45, 2.75) is 18.4 Å². The summed E-state index contributed by atoms with van der Waals surface area (Å²) in [5.74, 6) is 0.807. The van der Waals surface area contributed by atoms with Crippen LogP contribution in [0.4, 0.5) is 5.69 Å². The zero-order valence-corrected chi connectivity index (χ0v) is 15.0. The van der Waals surface area contributed by atoms with Crippen molar-refractivity contribution in [3.63, 3.8) is 0 Å². The van der Waals surface area contributed by atoms with Gasteiger partial charge in [-0.2, -0.15) is 0 Å². The maximum Gasteiger partial charge on any atom is 0.251 e. The quantitative estimate of drug-likeness (QED) is 0.899. The summed E-state index contributed by atoms with van der Waals surface area (Å²) in [7, 11) is 1.66. The van der Waals surface area contributed by atoms with Gasteiger partial charge in [0.25, 0.3) is 5.91 Å². The average Bonchev–Trinajstić information content (AvgIpc) is 3.49. The molecule has 0 spiro atoms. The van der Waals surface area contributed by atoms with Gasteiger partial charge in [0.15, 0.2) is 0 Å². The first-order chi connectivity index (χ1) is 12.7. The molecular weight excluding hydrogens is 328 g/mol. The van der Waals surface area contributed by atoms with Crippen molar-refractivity contribution in [2.75, 3.05) is 38.3 Å². The number of methoxy groups -OCH3 is 1. The molecule has 2 aromatic rings. The van der Waals surface area contributed by atoms with E-state index in [0.29, 0.717) is 5.56 Å². The van der Waals surface area contributed by atoms with Gasteiger partial charge in [-0.15, -0.1) is 0 Å². The highest BCUT2D eigenvalue weighted by molar-refractivity contribution is 5.95. The Morgan fingerprint density at radius 2 is 1.69 bits per heavy atom. The largest absolute Gasteiger partial charge is 0.497 e. The Balaban J connectivity index is 1.44. The van der Waals surface area contributed by atoms with E-state index in [1.165, 1.54) is 0 Å². The molecule has 0 bridgehead atoms. The van der Waals surface area contributed by atoms with Crippen LogP contribution in [0, 0.1) is 0 Å². The predicted molar refractivity (Wildman–Crippen MR) is 101 cm³/mol. The molecule has 1 saturated heterocycles. The van der Waals surface area contributed by atoms with E-state index in [-0.39, 0.29) is 11.4 Å². The molecule has 1 aliphatic heterocycles. The fourth-order valence-electron chi connectivity index (χ4n) is 3.46. The van der Waals surface area contributed by atoms with Gasteiger partial charge in [0.05, 0.1) is 25.9 Å². The lowest BCUT2D eigenvalue weighted by Crippen LogP contribution is -2.36. The summed E-state index contributed by atoms with van der Waals surface area (Å²) in [4.78, 5) is 15.0. The van der Waals surface area contributed by atoms with Gasteiger partial charge in [-0.05, 0) is 54.8 Å². The SMILES string of the molecule is COc1ccc(C2(NC(=O)c3ccc(N4CCOCC4)cc3)CC2)cc1. The molecule has 1 heterocycles. The zero-order valence-electron chi connectivity index (χ0n) is 15.0. The number of nitrogens with zero attached hydrogens (tertiary/aromatic N) is 1. The molecule has 2 aromatic carbocycles. The molecule has 0 unspecified atom stereocenters. The lowest BCUT2D eigenvalue weighted by atomic mass is 10.0. The van der Waals surface area contributed by atoms with E-state index < -0.39 is 0 Å². The van der Waals surface area contributed by atoms with Crippen LogP contribution < -0.4 is 15.0 Å². The molecule has 1 N–H and O–H groups in total.